The van der Waals surface area contributed by atoms with E-state index in [1.54, 1.807) is 18.2 Å². The molecule has 28 radical (unpaired) electrons. The van der Waals surface area contributed by atoms with Crippen LogP contribution in [0.1, 0.15) is 90.7 Å². The Morgan fingerprint density at radius 1 is 0.365 bits per heavy atom. The molecule has 0 atom stereocenters. The first-order valence-electron chi connectivity index (χ1n) is 27.0. The number of carbonyl (C=O) groups is 6. The van der Waals surface area contributed by atoms with E-state index in [0.717, 1.165) is 5.56 Å². The van der Waals surface area contributed by atoms with E-state index in [1.165, 1.54) is 18.2 Å². The van der Waals surface area contributed by atoms with E-state index in [9.17, 15) is 98.2 Å². The number of Topliss-reactive ketones (excluding diaryl/α,β-unsaturated/α-hetero) is 1. The third-order valence-electron chi connectivity index (χ3n) is 12.6. The van der Waals surface area contributed by atoms with Crippen molar-refractivity contribution >= 4 is 186 Å². The summed E-state index contributed by atoms with van der Waals surface area (Å²) in [5.41, 5.74) is 7.19. The average Bonchev–Trinajstić information content (AvgIpc) is 0.784. The molecule has 484 valence electrons. The molecule has 0 aliphatic heterocycles. The number of halogens is 4. The minimum Gasteiger partial charge on any atom is -0.748 e. The topological polar surface area (TPSA) is 377 Å². The maximum Gasteiger partial charge on any atom is 0.428 e. The molecule has 0 unspecified atom stereocenters. The van der Waals surface area contributed by atoms with Crippen LogP contribution in [0.4, 0.5) is 17.6 Å². The largest absolute Gasteiger partial charge is 0.748 e. The lowest BCUT2D eigenvalue weighted by Crippen LogP contribution is -2.40. The lowest BCUT2D eigenvalue weighted by molar-refractivity contribution is -0.166. The van der Waals surface area contributed by atoms with Gasteiger partial charge in [0.1, 0.15) is 54.7 Å². The lowest BCUT2D eigenvalue weighted by Gasteiger charge is -2.25. The number of hydrogen-bond donors (Lipinski definition) is 0. The number of hydrogen-bond acceptors (Lipinski definition) is 23. The van der Waals surface area contributed by atoms with Gasteiger partial charge in [0.25, 0.3) is 0 Å². The van der Waals surface area contributed by atoms with Gasteiger partial charge in [-0.3, -0.25) is 19.2 Å². The third kappa shape index (κ3) is 25.8. The van der Waals surface area contributed by atoms with Gasteiger partial charge in [-0.05, 0) is 61.7 Å². The molecule has 0 spiro atoms. The minimum absolute atomic E-state index is 0.00764. The highest BCUT2D eigenvalue weighted by atomic mass is 32.2. The Balaban J connectivity index is 0.000000643. The number of rotatable bonds is 31. The molecule has 0 aromatic heterocycles. The smallest absolute Gasteiger partial charge is 0.428 e. The SMILES string of the molecule is [B]Cc1c(C[B])c(C[B])c(OC(=O)CS(=O)(=O)[O-])c(C[B])c1C[B].[B]Cc1cc(C[B])c(OC(=O)CCC(=O)C(F)(F)S(=O)(=O)[O-])c(C[B])c1.[B]Cc1cc(C[B])c(OC(=O)COC(=O)C(F)(F)S(=O)(=O)[O-])c(C[B])c1.[B]Cc1ccc(OC(=O)CS(=O)(=O)[O-])c(C[B])c1C[B]. The Morgan fingerprint density at radius 2 is 0.698 bits per heavy atom. The highest BCUT2D eigenvalue weighted by Crippen LogP contribution is 2.36. The van der Waals surface area contributed by atoms with Crippen LogP contribution < -0.4 is 18.9 Å². The van der Waals surface area contributed by atoms with E-state index in [2.05, 4.69) is 4.74 Å². The van der Waals surface area contributed by atoms with E-state index < -0.39 is 118 Å². The highest BCUT2D eigenvalue weighted by Gasteiger charge is 2.49. The molecule has 0 N–H and O–H groups in total. The number of carbonyl (C=O) groups excluding carboxylic acids is 6. The summed E-state index contributed by atoms with van der Waals surface area (Å²) in [5, 5.41) is -10.4. The molecule has 0 bridgehead atoms. The first kappa shape index (κ1) is 88.2. The second-order valence-corrected chi connectivity index (χ2v) is 24.6. The second-order valence-electron chi connectivity index (χ2n) is 19.0. The zero-order chi connectivity index (χ0) is 74.1. The summed E-state index contributed by atoms with van der Waals surface area (Å²) in [6.45, 7) is -1.36. The molecule has 0 aliphatic rings. The number of esters is 5. The first-order chi connectivity index (χ1) is 44.5. The van der Waals surface area contributed by atoms with E-state index in [4.69, 9.17) is 129 Å². The van der Waals surface area contributed by atoms with Crippen molar-refractivity contribution in [3.8, 4) is 23.0 Å². The maximum atomic E-state index is 13.1. The monoisotopic (exact) mass is 1380 g/mol. The quantitative estimate of drug-likeness (QED) is 0.0159. The fraction of sp³-hybridized carbons (Fsp3) is 0.412. The molecule has 0 amide bonds. The van der Waals surface area contributed by atoms with Gasteiger partial charge in [0.05, 0.1) is 116 Å². The van der Waals surface area contributed by atoms with Crippen LogP contribution in [0.2, 0.25) is 0 Å². The van der Waals surface area contributed by atoms with Gasteiger partial charge in [-0.25, -0.2) is 43.3 Å². The van der Waals surface area contributed by atoms with Crippen LogP contribution >= 0.6 is 0 Å². The molecule has 4 aromatic rings. The standard InChI is InChI=1S/C14H13B3F2O6S.C13H13B5O5S.C13H11B3F2O7S.C11H11B3O5S/c15-5-8-3-9(6-16)13(10(4-8)7-17)25-12(21)2-1-11(20)14(18,19)26(22,23)24;14-1-7-8(2-15)10(4-17)13(11(5-18)9(7)3-16)23-12(19)6-24(20,21)22;14-3-7-1-8(4-15)11(9(2-7)5-16)25-10(19)6-24-12(20)13(17,18)26(21,22)23;12-3-7-1-2-10(9(5-14)8(7)4-13)19-11(15)6-20(16,17)18/h3-4H,1-2,5-7H2,(H,22,23,24);1-6H2,(H,20,21,22);1-2H,3-6H2,(H,21,22,23);1-2H,3-6H2,(H,16,17,18)/p-4. The van der Waals surface area contributed by atoms with Gasteiger partial charge in [-0.15, -0.1) is 0 Å². The van der Waals surface area contributed by atoms with Crippen LogP contribution in [-0.4, -0.2) is 226 Å². The van der Waals surface area contributed by atoms with Crippen molar-refractivity contribution in [2.24, 2.45) is 0 Å². The van der Waals surface area contributed by atoms with E-state index in [-0.39, 0.29) is 111 Å². The van der Waals surface area contributed by atoms with E-state index in [1.807, 2.05) is 0 Å². The molecular formula is C51H44B14F4O23S4-4. The maximum absolute atomic E-state index is 13.1. The van der Waals surface area contributed by atoms with Crippen LogP contribution in [0.3, 0.4) is 0 Å². The third-order valence-corrected chi connectivity index (χ3v) is 15.5. The molecule has 0 saturated carbocycles. The van der Waals surface area contributed by atoms with Gasteiger partial charge in [0, 0.05) is 6.42 Å². The predicted octanol–water partition coefficient (Wildman–Crippen LogP) is -3.01. The van der Waals surface area contributed by atoms with Crippen molar-refractivity contribution in [3.05, 3.63) is 114 Å². The predicted molar refractivity (Wildman–Crippen MR) is 344 cm³/mol. The van der Waals surface area contributed by atoms with Gasteiger partial charge in [0.15, 0.2) is 26.8 Å². The fourth-order valence-corrected chi connectivity index (χ4v) is 9.58. The average molecular weight is 1380 g/mol. The van der Waals surface area contributed by atoms with Crippen molar-refractivity contribution in [3.63, 3.8) is 0 Å². The van der Waals surface area contributed by atoms with Crippen LogP contribution in [0.25, 0.3) is 0 Å². The molecule has 96 heavy (non-hydrogen) atoms. The lowest BCUT2D eigenvalue weighted by atomic mass is 9.72. The van der Waals surface area contributed by atoms with Gasteiger partial charge < -0.3 is 41.9 Å². The van der Waals surface area contributed by atoms with E-state index >= 15 is 0 Å². The van der Waals surface area contributed by atoms with Gasteiger partial charge in [-0.1, -0.05) is 141 Å². The first-order valence-corrected chi connectivity index (χ1v) is 33.0. The second kappa shape index (κ2) is 39.7. The van der Waals surface area contributed by atoms with Gasteiger partial charge >= 0.3 is 40.4 Å². The summed E-state index contributed by atoms with van der Waals surface area (Å²) in [7, 11) is 56.8. The summed E-state index contributed by atoms with van der Waals surface area (Å²) < 4.78 is 201. The van der Waals surface area contributed by atoms with E-state index in [0.29, 0.717) is 72.3 Å². The molecule has 4 rings (SSSR count). The zero-order valence-corrected chi connectivity index (χ0v) is 53.8. The van der Waals surface area contributed by atoms with Crippen molar-refractivity contribution in [1.82, 2.24) is 0 Å². The van der Waals surface area contributed by atoms with Crippen molar-refractivity contribution in [2.75, 3.05) is 18.1 Å². The number of alkyl halides is 4. The zero-order valence-electron chi connectivity index (χ0n) is 50.5. The summed E-state index contributed by atoms with van der Waals surface area (Å²) in [6.07, 6.45) is -1.37. The Hall–Kier alpha value is -5.83. The van der Waals surface area contributed by atoms with Gasteiger partial charge in [0.2, 0.25) is 5.78 Å². The van der Waals surface area contributed by atoms with Crippen molar-refractivity contribution < 1.29 is 122 Å². The Morgan fingerprint density at radius 3 is 1.02 bits per heavy atom. The molecule has 0 saturated heterocycles. The summed E-state index contributed by atoms with van der Waals surface area (Å²) in [5.74, 6) is -12.2. The number of ether oxygens (including phenoxy) is 5. The minimum atomic E-state index is -6.29. The summed E-state index contributed by atoms with van der Waals surface area (Å²) in [4.78, 5) is 68.8. The molecule has 4 aromatic carbocycles. The Labute approximate surface area is 571 Å². The number of ketones is 1. The molecular weight excluding hydrogens is 1340 g/mol. The van der Waals surface area contributed by atoms with Gasteiger partial charge in [-0.2, -0.15) is 17.6 Å². The van der Waals surface area contributed by atoms with Crippen LogP contribution in [0.5, 0.6) is 23.0 Å². The molecule has 45 heteroatoms. The Kier molecular flexibility index (Phi) is 36.4. The van der Waals surface area contributed by atoms with Crippen LogP contribution in [0, 0.1) is 0 Å². The fourth-order valence-electron chi connectivity index (χ4n) is 8.24. The molecule has 0 fully saturated rings. The van der Waals surface area contributed by atoms with Crippen molar-refractivity contribution in [2.45, 2.75) is 112 Å². The molecule has 0 aliphatic carbocycles. The Bertz CT molecular complexity index is 3700. The normalized spacial score (nSPS) is 11.6. The summed E-state index contributed by atoms with van der Waals surface area (Å²) in [6, 6.07) is 9.27. The van der Waals surface area contributed by atoms with Crippen LogP contribution in [-0.2, 0) is 162 Å². The van der Waals surface area contributed by atoms with Crippen molar-refractivity contribution in [1.29, 1.82) is 0 Å². The van der Waals surface area contributed by atoms with Crippen LogP contribution in [0.15, 0.2) is 36.4 Å². The number of benzene rings is 4. The highest BCUT2D eigenvalue weighted by molar-refractivity contribution is 7.88. The molecule has 23 nitrogen and oxygen atoms in total. The summed E-state index contributed by atoms with van der Waals surface area (Å²) >= 11 is 0. The molecule has 0 heterocycles.